The zero-order valence-electron chi connectivity index (χ0n) is 8.64. The van der Waals surface area contributed by atoms with Gasteiger partial charge in [-0.25, -0.2) is 4.39 Å². The van der Waals surface area contributed by atoms with E-state index in [0.29, 0.717) is 13.1 Å². The first-order valence-electron chi connectivity index (χ1n) is 5.32. The van der Waals surface area contributed by atoms with Crippen molar-refractivity contribution < 1.29 is 9.50 Å². The fraction of sp³-hybridized carbons (Fsp3) is 0.500. The van der Waals surface area contributed by atoms with Crippen molar-refractivity contribution in [2.24, 2.45) is 0 Å². The molecule has 82 valence electrons. The molecule has 0 spiro atoms. The highest BCUT2D eigenvalue weighted by Crippen LogP contribution is 2.16. The Kier molecular flexibility index (Phi) is 3.34. The number of nitrogens with zero attached hydrogens (tertiary/aromatic N) is 1. The van der Waals surface area contributed by atoms with E-state index in [1.807, 2.05) is 35.2 Å². The second-order valence-electron chi connectivity index (χ2n) is 4.17. The van der Waals surface area contributed by atoms with Gasteiger partial charge in [0.25, 0.3) is 0 Å². The highest BCUT2D eigenvalue weighted by molar-refractivity contribution is 5.14. The lowest BCUT2D eigenvalue weighted by Crippen LogP contribution is -2.43. The molecular weight excluding hydrogens is 193 g/mol. The summed E-state index contributed by atoms with van der Waals surface area (Å²) in [6.07, 6.45) is -1.12. The van der Waals surface area contributed by atoms with E-state index in [1.165, 1.54) is 5.56 Å². The summed E-state index contributed by atoms with van der Waals surface area (Å²) >= 11 is 0. The minimum atomic E-state index is -0.891. The van der Waals surface area contributed by atoms with E-state index >= 15 is 0 Å². The van der Waals surface area contributed by atoms with Crippen LogP contribution in [-0.2, 0) is 6.54 Å². The van der Waals surface area contributed by atoms with Crippen molar-refractivity contribution >= 4 is 0 Å². The molecule has 1 N–H and O–H groups in total. The maximum atomic E-state index is 13.2. The Morgan fingerprint density at radius 3 is 2.67 bits per heavy atom. The van der Waals surface area contributed by atoms with Crippen LogP contribution < -0.4 is 0 Å². The van der Waals surface area contributed by atoms with E-state index in [0.717, 1.165) is 6.54 Å². The molecule has 0 saturated carbocycles. The lowest BCUT2D eigenvalue weighted by atomic mass is 10.1. The van der Waals surface area contributed by atoms with Gasteiger partial charge in [-0.2, -0.15) is 0 Å². The van der Waals surface area contributed by atoms with Crippen LogP contribution in [0.1, 0.15) is 12.0 Å². The molecule has 2 rings (SSSR count). The van der Waals surface area contributed by atoms with Crippen LogP contribution in [0.2, 0.25) is 0 Å². The molecule has 3 heteroatoms. The Bertz CT molecular complexity index is 294. The summed E-state index contributed by atoms with van der Waals surface area (Å²) < 4.78 is 13.2. The van der Waals surface area contributed by atoms with Crippen molar-refractivity contribution in [2.75, 3.05) is 13.1 Å². The van der Waals surface area contributed by atoms with E-state index in [2.05, 4.69) is 0 Å². The Balaban J connectivity index is 1.94. The maximum absolute atomic E-state index is 13.2. The van der Waals surface area contributed by atoms with Gasteiger partial charge in [-0.3, -0.25) is 4.90 Å². The largest absolute Gasteiger partial charge is 0.392 e. The molecule has 0 bridgehead atoms. The van der Waals surface area contributed by atoms with Crippen molar-refractivity contribution in [3.63, 3.8) is 0 Å². The molecule has 1 aliphatic heterocycles. The van der Waals surface area contributed by atoms with Crippen molar-refractivity contribution in [1.82, 2.24) is 4.90 Å². The number of aliphatic hydroxyl groups is 1. The van der Waals surface area contributed by atoms with Gasteiger partial charge in [0.15, 0.2) is 0 Å². The normalized spacial score (nSPS) is 27.9. The van der Waals surface area contributed by atoms with Gasteiger partial charge in [0.05, 0.1) is 6.10 Å². The lowest BCUT2D eigenvalue weighted by molar-refractivity contribution is 0.0227. The van der Waals surface area contributed by atoms with E-state index in [4.69, 9.17) is 0 Å². The SMILES string of the molecule is O[C@@H]1C[C@H](F)CN(Cc2ccccc2)C1. The Morgan fingerprint density at radius 1 is 1.27 bits per heavy atom. The minimum absolute atomic E-state index is 0.283. The molecule has 0 amide bonds. The van der Waals surface area contributed by atoms with Crippen LogP contribution in [0.15, 0.2) is 30.3 Å². The predicted molar refractivity (Wildman–Crippen MR) is 57.2 cm³/mol. The monoisotopic (exact) mass is 209 g/mol. The summed E-state index contributed by atoms with van der Waals surface area (Å²) in [5, 5.41) is 9.45. The summed E-state index contributed by atoms with van der Waals surface area (Å²) in [6, 6.07) is 9.96. The van der Waals surface area contributed by atoms with Crippen LogP contribution in [0, 0.1) is 0 Å². The molecule has 0 unspecified atom stereocenters. The van der Waals surface area contributed by atoms with E-state index in [9.17, 15) is 9.50 Å². The van der Waals surface area contributed by atoms with Gasteiger partial charge < -0.3 is 5.11 Å². The molecule has 1 saturated heterocycles. The molecule has 0 radical (unpaired) electrons. The van der Waals surface area contributed by atoms with Gasteiger partial charge in [0, 0.05) is 26.1 Å². The van der Waals surface area contributed by atoms with E-state index in [1.54, 1.807) is 0 Å². The molecule has 1 aromatic rings. The van der Waals surface area contributed by atoms with Gasteiger partial charge >= 0.3 is 0 Å². The molecular formula is C12H16FNO. The zero-order valence-corrected chi connectivity index (χ0v) is 8.64. The molecule has 0 aliphatic carbocycles. The number of piperidine rings is 1. The number of likely N-dealkylation sites (tertiary alicyclic amines) is 1. The van der Waals surface area contributed by atoms with Crippen molar-refractivity contribution in [3.8, 4) is 0 Å². The highest BCUT2D eigenvalue weighted by atomic mass is 19.1. The van der Waals surface area contributed by atoms with Gasteiger partial charge in [0.1, 0.15) is 6.17 Å². The van der Waals surface area contributed by atoms with Crippen molar-refractivity contribution in [1.29, 1.82) is 0 Å². The third-order valence-electron chi connectivity index (χ3n) is 2.70. The first kappa shape index (κ1) is 10.6. The van der Waals surface area contributed by atoms with Crippen molar-refractivity contribution in [2.45, 2.75) is 25.2 Å². The number of β-amino-alcohol motifs (C(OH)–C–C–N with tert-alkyl or cyclic N) is 1. The Labute approximate surface area is 89.3 Å². The van der Waals surface area contributed by atoms with Gasteiger partial charge in [-0.1, -0.05) is 30.3 Å². The number of benzene rings is 1. The summed E-state index contributed by atoms with van der Waals surface area (Å²) in [5.74, 6) is 0. The second kappa shape index (κ2) is 4.73. The number of halogens is 1. The van der Waals surface area contributed by atoms with Crippen LogP contribution in [0.4, 0.5) is 4.39 Å². The Hall–Kier alpha value is -0.930. The van der Waals surface area contributed by atoms with Crippen molar-refractivity contribution in [3.05, 3.63) is 35.9 Å². The molecule has 1 heterocycles. The maximum Gasteiger partial charge on any atom is 0.115 e. The number of alkyl halides is 1. The van der Waals surface area contributed by atoms with Gasteiger partial charge in [-0.15, -0.1) is 0 Å². The third kappa shape index (κ3) is 3.01. The predicted octanol–water partition coefficient (Wildman–Crippen LogP) is 1.59. The number of rotatable bonds is 2. The zero-order chi connectivity index (χ0) is 10.7. The molecule has 15 heavy (non-hydrogen) atoms. The highest BCUT2D eigenvalue weighted by Gasteiger charge is 2.25. The Morgan fingerprint density at radius 2 is 2.00 bits per heavy atom. The standard InChI is InChI=1S/C12H16FNO/c13-11-6-12(15)9-14(8-11)7-10-4-2-1-3-5-10/h1-5,11-12,15H,6-9H2/t11-,12+/m0/s1. The average molecular weight is 209 g/mol. The lowest BCUT2D eigenvalue weighted by Gasteiger charge is -2.32. The third-order valence-corrected chi connectivity index (χ3v) is 2.70. The molecule has 2 atom stereocenters. The summed E-state index contributed by atoms with van der Waals surface area (Å²) in [4.78, 5) is 1.97. The average Bonchev–Trinajstić information content (AvgIpc) is 2.17. The first-order chi connectivity index (χ1) is 7.24. The van der Waals surface area contributed by atoms with Crippen LogP contribution in [0.5, 0.6) is 0 Å². The minimum Gasteiger partial charge on any atom is -0.392 e. The van der Waals surface area contributed by atoms with Gasteiger partial charge in [-0.05, 0) is 5.56 Å². The molecule has 1 aliphatic rings. The van der Waals surface area contributed by atoms with Crippen LogP contribution in [0.3, 0.4) is 0 Å². The smallest absolute Gasteiger partial charge is 0.115 e. The summed E-state index contributed by atoms with van der Waals surface area (Å²) in [5.41, 5.74) is 1.17. The molecule has 1 aromatic carbocycles. The summed E-state index contributed by atoms with van der Waals surface area (Å²) in [7, 11) is 0. The molecule has 1 fully saturated rings. The quantitative estimate of drug-likeness (QED) is 0.799. The fourth-order valence-corrected chi connectivity index (χ4v) is 2.07. The number of hydrogen-bond acceptors (Lipinski definition) is 2. The van der Waals surface area contributed by atoms with E-state index < -0.39 is 12.3 Å². The van der Waals surface area contributed by atoms with Crippen LogP contribution >= 0.6 is 0 Å². The van der Waals surface area contributed by atoms with Crippen LogP contribution in [-0.4, -0.2) is 35.4 Å². The number of aliphatic hydroxyl groups excluding tert-OH is 1. The topological polar surface area (TPSA) is 23.5 Å². The first-order valence-corrected chi connectivity index (χ1v) is 5.32. The van der Waals surface area contributed by atoms with Crippen LogP contribution in [0.25, 0.3) is 0 Å². The molecule has 0 aromatic heterocycles. The second-order valence-corrected chi connectivity index (χ2v) is 4.17. The number of hydrogen-bond donors (Lipinski definition) is 1. The van der Waals surface area contributed by atoms with E-state index in [-0.39, 0.29) is 6.42 Å². The molecule has 2 nitrogen and oxygen atoms in total. The van der Waals surface area contributed by atoms with Gasteiger partial charge in [0.2, 0.25) is 0 Å². The summed E-state index contributed by atoms with van der Waals surface area (Å²) in [6.45, 7) is 1.74. The fourth-order valence-electron chi connectivity index (χ4n) is 2.07.